The van der Waals surface area contributed by atoms with Crippen LogP contribution < -0.4 is 10.1 Å². The third-order valence-corrected chi connectivity index (χ3v) is 5.96. The van der Waals surface area contributed by atoms with Gasteiger partial charge < -0.3 is 14.8 Å². The summed E-state index contributed by atoms with van der Waals surface area (Å²) in [6.07, 6.45) is 0.838. The molecule has 3 rings (SSSR count). The lowest BCUT2D eigenvalue weighted by Crippen LogP contribution is -2.15. The van der Waals surface area contributed by atoms with Gasteiger partial charge in [0.05, 0.1) is 13.2 Å². The predicted molar refractivity (Wildman–Crippen MR) is 130 cm³/mol. The number of thiophene rings is 1. The van der Waals surface area contributed by atoms with E-state index < -0.39 is 5.97 Å². The Bertz CT molecular complexity index is 1090. The van der Waals surface area contributed by atoms with Crippen LogP contribution in [-0.2, 0) is 9.53 Å². The van der Waals surface area contributed by atoms with Gasteiger partial charge in [-0.1, -0.05) is 41.4 Å². The predicted octanol–water partition coefficient (Wildman–Crippen LogP) is 6.66. The molecule has 3 aromatic rings. The van der Waals surface area contributed by atoms with Gasteiger partial charge >= 0.3 is 5.97 Å². The van der Waals surface area contributed by atoms with Gasteiger partial charge in [0.1, 0.15) is 16.3 Å². The Kier molecular flexibility index (Phi) is 8.31. The van der Waals surface area contributed by atoms with E-state index >= 15 is 0 Å². The highest BCUT2D eigenvalue weighted by molar-refractivity contribution is 7.15. The molecule has 0 unspecified atom stereocenters. The van der Waals surface area contributed by atoms with Crippen LogP contribution in [0, 0.1) is 13.8 Å². The van der Waals surface area contributed by atoms with Crippen molar-refractivity contribution in [3.05, 3.63) is 69.6 Å². The molecule has 5 nitrogen and oxygen atoms in total. The summed E-state index contributed by atoms with van der Waals surface area (Å²) in [5, 5.41) is 5.80. The summed E-state index contributed by atoms with van der Waals surface area (Å²) in [5.41, 5.74) is 4.15. The molecule has 0 aliphatic heterocycles. The molecule has 0 spiro atoms. The molecular formula is C25H26ClNO4S. The maximum Gasteiger partial charge on any atom is 0.341 e. The van der Waals surface area contributed by atoms with E-state index in [9.17, 15) is 9.59 Å². The first-order valence-corrected chi connectivity index (χ1v) is 11.7. The number of ether oxygens (including phenoxy) is 2. The number of halogens is 1. The van der Waals surface area contributed by atoms with Gasteiger partial charge in [0.15, 0.2) is 0 Å². The molecule has 0 fully saturated rings. The van der Waals surface area contributed by atoms with Gasteiger partial charge in [0.25, 0.3) is 0 Å². The van der Waals surface area contributed by atoms with Crippen LogP contribution in [0.15, 0.2) is 47.8 Å². The van der Waals surface area contributed by atoms with Crippen molar-refractivity contribution in [2.24, 2.45) is 0 Å². The highest BCUT2D eigenvalue weighted by atomic mass is 35.5. The molecular weight excluding hydrogens is 446 g/mol. The Morgan fingerprint density at radius 2 is 1.84 bits per heavy atom. The lowest BCUT2D eigenvalue weighted by molar-refractivity contribution is -0.116. The fourth-order valence-corrected chi connectivity index (χ4v) is 4.36. The molecule has 0 saturated carbocycles. The summed E-state index contributed by atoms with van der Waals surface area (Å²) >= 11 is 7.28. The summed E-state index contributed by atoms with van der Waals surface area (Å²) in [5.74, 6) is 0.183. The Morgan fingerprint density at radius 1 is 1.09 bits per heavy atom. The van der Waals surface area contributed by atoms with Crippen LogP contribution >= 0.6 is 22.9 Å². The number of esters is 1. The Morgan fingerprint density at radius 3 is 2.53 bits per heavy atom. The molecule has 32 heavy (non-hydrogen) atoms. The van der Waals surface area contributed by atoms with E-state index in [1.807, 2.05) is 43.5 Å². The van der Waals surface area contributed by atoms with E-state index in [4.69, 9.17) is 21.1 Å². The number of rotatable bonds is 9. The minimum absolute atomic E-state index is 0.177. The standard InChI is InChI=1S/C25H26ClNO4S/c1-4-30-25(29)23-20(18-8-10-19(26)11-9-18)15-32-24(23)27-22(28)6-5-13-31-21-12-7-16(2)14-17(21)3/h7-12,14-15H,4-6,13H2,1-3H3,(H,27,28). The molecule has 7 heteroatoms. The van der Waals surface area contributed by atoms with Crippen molar-refractivity contribution in [2.75, 3.05) is 18.5 Å². The highest BCUT2D eigenvalue weighted by Gasteiger charge is 2.22. The zero-order chi connectivity index (χ0) is 23.1. The van der Waals surface area contributed by atoms with Crippen LogP contribution in [0.3, 0.4) is 0 Å². The molecule has 1 N–H and O–H groups in total. The zero-order valence-corrected chi connectivity index (χ0v) is 19.9. The van der Waals surface area contributed by atoms with Gasteiger partial charge in [0.2, 0.25) is 5.91 Å². The van der Waals surface area contributed by atoms with Crippen molar-refractivity contribution in [1.29, 1.82) is 0 Å². The van der Waals surface area contributed by atoms with E-state index in [-0.39, 0.29) is 18.9 Å². The van der Waals surface area contributed by atoms with Crippen LogP contribution in [0.2, 0.25) is 5.02 Å². The first kappa shape index (κ1) is 23.8. The average molecular weight is 472 g/mol. The van der Waals surface area contributed by atoms with Gasteiger partial charge in [-0.2, -0.15) is 0 Å². The fourth-order valence-electron chi connectivity index (χ4n) is 3.26. The second kappa shape index (κ2) is 11.2. The number of nitrogens with one attached hydrogen (secondary N) is 1. The van der Waals surface area contributed by atoms with Crippen molar-refractivity contribution in [2.45, 2.75) is 33.6 Å². The number of amides is 1. The van der Waals surface area contributed by atoms with Gasteiger partial charge in [-0.3, -0.25) is 4.79 Å². The van der Waals surface area contributed by atoms with Gasteiger partial charge in [-0.25, -0.2) is 4.79 Å². The molecule has 0 aliphatic rings. The van der Waals surface area contributed by atoms with E-state index in [0.717, 1.165) is 16.9 Å². The zero-order valence-electron chi connectivity index (χ0n) is 18.4. The normalized spacial score (nSPS) is 10.6. The second-order valence-corrected chi connectivity index (χ2v) is 8.67. The maximum atomic E-state index is 12.6. The number of anilines is 1. The Balaban J connectivity index is 1.64. The summed E-state index contributed by atoms with van der Waals surface area (Å²) < 4.78 is 11.0. The molecule has 0 aliphatic carbocycles. The summed E-state index contributed by atoms with van der Waals surface area (Å²) in [4.78, 5) is 25.2. The molecule has 2 aromatic carbocycles. The number of hydrogen-bond acceptors (Lipinski definition) is 5. The number of carbonyl (C=O) groups excluding carboxylic acids is 2. The summed E-state index contributed by atoms with van der Waals surface area (Å²) in [6.45, 7) is 6.47. The highest BCUT2D eigenvalue weighted by Crippen LogP contribution is 2.36. The topological polar surface area (TPSA) is 64.6 Å². The van der Waals surface area contributed by atoms with Crippen molar-refractivity contribution in [3.8, 4) is 16.9 Å². The van der Waals surface area contributed by atoms with E-state index in [0.29, 0.717) is 34.2 Å². The van der Waals surface area contributed by atoms with Gasteiger partial charge in [-0.05, 0) is 56.5 Å². The van der Waals surface area contributed by atoms with Crippen molar-refractivity contribution >= 4 is 39.8 Å². The van der Waals surface area contributed by atoms with Crippen LogP contribution in [0.5, 0.6) is 5.75 Å². The van der Waals surface area contributed by atoms with Crippen molar-refractivity contribution in [1.82, 2.24) is 0 Å². The molecule has 0 atom stereocenters. The number of carbonyl (C=O) groups is 2. The third-order valence-electron chi connectivity index (χ3n) is 4.81. The van der Waals surface area contributed by atoms with Crippen LogP contribution in [0.25, 0.3) is 11.1 Å². The molecule has 1 heterocycles. The minimum atomic E-state index is -0.466. The molecule has 1 aromatic heterocycles. The SMILES string of the molecule is CCOC(=O)c1c(-c2ccc(Cl)cc2)csc1NC(=O)CCCOc1ccc(C)cc1C. The molecule has 0 radical (unpaired) electrons. The number of hydrogen-bond donors (Lipinski definition) is 1. The molecule has 168 valence electrons. The lowest BCUT2D eigenvalue weighted by atomic mass is 10.0. The van der Waals surface area contributed by atoms with Gasteiger partial charge in [-0.15, -0.1) is 11.3 Å². The Hall–Kier alpha value is -2.83. The first-order valence-electron chi connectivity index (χ1n) is 10.4. The largest absolute Gasteiger partial charge is 0.493 e. The average Bonchev–Trinajstić information content (AvgIpc) is 3.16. The second-order valence-electron chi connectivity index (χ2n) is 7.35. The first-order chi connectivity index (χ1) is 15.4. The fraction of sp³-hybridized carbons (Fsp3) is 0.280. The third kappa shape index (κ3) is 6.11. The quantitative estimate of drug-likeness (QED) is 0.280. The van der Waals surface area contributed by atoms with Crippen LogP contribution in [0.1, 0.15) is 41.3 Å². The molecule has 1 amide bonds. The minimum Gasteiger partial charge on any atom is -0.493 e. The summed E-state index contributed by atoms with van der Waals surface area (Å²) in [7, 11) is 0. The van der Waals surface area contributed by atoms with E-state index in [1.54, 1.807) is 19.1 Å². The summed E-state index contributed by atoms with van der Waals surface area (Å²) in [6, 6.07) is 13.2. The molecule has 0 bridgehead atoms. The lowest BCUT2D eigenvalue weighted by Gasteiger charge is -2.10. The monoisotopic (exact) mass is 471 g/mol. The van der Waals surface area contributed by atoms with E-state index in [2.05, 4.69) is 11.4 Å². The number of benzene rings is 2. The van der Waals surface area contributed by atoms with Crippen molar-refractivity contribution < 1.29 is 19.1 Å². The molecule has 0 saturated heterocycles. The van der Waals surface area contributed by atoms with Gasteiger partial charge in [0, 0.05) is 22.4 Å². The van der Waals surface area contributed by atoms with Crippen molar-refractivity contribution in [3.63, 3.8) is 0 Å². The van der Waals surface area contributed by atoms with Crippen LogP contribution in [0.4, 0.5) is 5.00 Å². The Labute approximate surface area is 197 Å². The van der Waals surface area contributed by atoms with Crippen LogP contribution in [-0.4, -0.2) is 25.1 Å². The smallest absolute Gasteiger partial charge is 0.341 e. The number of aryl methyl sites for hydroxylation is 2. The van der Waals surface area contributed by atoms with E-state index in [1.165, 1.54) is 16.9 Å². The maximum absolute atomic E-state index is 12.6.